The van der Waals surface area contributed by atoms with Crippen LogP contribution in [0.4, 0.5) is 17.1 Å². The van der Waals surface area contributed by atoms with Crippen molar-refractivity contribution < 1.29 is 8.83 Å². The van der Waals surface area contributed by atoms with E-state index in [2.05, 4.69) is 120 Å². The van der Waals surface area contributed by atoms with E-state index in [-0.39, 0.29) is 0 Å². The van der Waals surface area contributed by atoms with Crippen LogP contribution in [0.5, 0.6) is 0 Å². The lowest BCUT2D eigenvalue weighted by Gasteiger charge is -2.26. The van der Waals surface area contributed by atoms with Crippen LogP contribution in [0.25, 0.3) is 66.4 Å². The molecule has 0 atom stereocenters. The maximum atomic E-state index is 6.71. The Morgan fingerprint density at radius 1 is 0.444 bits per heavy atom. The first-order valence-electron chi connectivity index (χ1n) is 15.0. The van der Waals surface area contributed by atoms with Crippen molar-refractivity contribution in [3.05, 3.63) is 158 Å². The summed E-state index contributed by atoms with van der Waals surface area (Å²) in [7, 11) is 0. The topological polar surface area (TPSA) is 42.4 Å². The highest BCUT2D eigenvalue weighted by Crippen LogP contribution is 2.44. The van der Waals surface area contributed by atoms with Crippen LogP contribution >= 0.6 is 0 Å². The van der Waals surface area contributed by atoms with E-state index < -0.39 is 0 Å². The third kappa shape index (κ3) is 4.35. The number of hydrogen-bond donors (Lipinski definition) is 0. The number of benzene rings is 7. The molecular formula is C41H26N2O2. The Morgan fingerprint density at radius 2 is 1.16 bits per heavy atom. The molecule has 0 unspecified atom stereocenters. The van der Waals surface area contributed by atoms with Crippen LogP contribution in [0.15, 0.2) is 167 Å². The van der Waals surface area contributed by atoms with Crippen molar-refractivity contribution in [3.63, 3.8) is 0 Å². The van der Waals surface area contributed by atoms with Crippen molar-refractivity contribution in [2.75, 3.05) is 4.90 Å². The van der Waals surface area contributed by atoms with Gasteiger partial charge in [0, 0.05) is 33.8 Å². The molecule has 212 valence electrons. The molecule has 9 aromatic rings. The van der Waals surface area contributed by atoms with Gasteiger partial charge in [0.1, 0.15) is 11.1 Å². The van der Waals surface area contributed by atoms with E-state index in [0.29, 0.717) is 5.89 Å². The van der Waals surface area contributed by atoms with Crippen LogP contribution in [0.3, 0.4) is 0 Å². The molecule has 0 spiro atoms. The summed E-state index contributed by atoms with van der Waals surface area (Å²) in [6.45, 7) is 0. The quantitative estimate of drug-likeness (QED) is 0.204. The smallest absolute Gasteiger partial charge is 0.227 e. The van der Waals surface area contributed by atoms with Crippen LogP contribution in [0.1, 0.15) is 0 Å². The number of fused-ring (bicyclic) bond motifs is 5. The molecule has 0 aliphatic carbocycles. The number of oxazole rings is 1. The molecule has 45 heavy (non-hydrogen) atoms. The predicted octanol–water partition coefficient (Wildman–Crippen LogP) is 11.7. The summed E-state index contributed by atoms with van der Waals surface area (Å²) in [5.41, 5.74) is 9.40. The van der Waals surface area contributed by atoms with E-state index in [1.54, 1.807) is 0 Å². The maximum Gasteiger partial charge on any atom is 0.227 e. The zero-order valence-electron chi connectivity index (χ0n) is 24.2. The summed E-state index contributed by atoms with van der Waals surface area (Å²) in [6.07, 6.45) is 0. The first kappa shape index (κ1) is 25.4. The van der Waals surface area contributed by atoms with Gasteiger partial charge in [-0.15, -0.1) is 0 Å². The van der Waals surface area contributed by atoms with E-state index in [1.807, 2.05) is 42.5 Å². The molecule has 0 fully saturated rings. The van der Waals surface area contributed by atoms with Crippen molar-refractivity contribution in [1.82, 2.24) is 4.98 Å². The Balaban J connectivity index is 1.25. The van der Waals surface area contributed by atoms with Crippen molar-refractivity contribution in [3.8, 4) is 22.6 Å². The lowest BCUT2D eigenvalue weighted by atomic mass is 10.0. The van der Waals surface area contributed by atoms with Gasteiger partial charge in [0.15, 0.2) is 11.2 Å². The van der Waals surface area contributed by atoms with Gasteiger partial charge in [0.2, 0.25) is 5.89 Å². The monoisotopic (exact) mass is 578 g/mol. The molecule has 0 radical (unpaired) electrons. The van der Waals surface area contributed by atoms with E-state index in [4.69, 9.17) is 13.8 Å². The van der Waals surface area contributed by atoms with Crippen molar-refractivity contribution in [2.45, 2.75) is 0 Å². The van der Waals surface area contributed by atoms with Gasteiger partial charge in [-0.2, -0.15) is 0 Å². The number of rotatable bonds is 5. The van der Waals surface area contributed by atoms with Crippen LogP contribution in [-0.4, -0.2) is 4.98 Å². The molecule has 0 bridgehead atoms. The number of para-hydroxylation sites is 1. The average molecular weight is 579 g/mol. The summed E-state index contributed by atoms with van der Waals surface area (Å²) in [5.74, 6) is 0.601. The molecule has 9 rings (SSSR count). The second-order valence-corrected chi connectivity index (χ2v) is 11.2. The molecule has 0 amide bonds. The predicted molar refractivity (Wildman–Crippen MR) is 184 cm³/mol. The highest BCUT2D eigenvalue weighted by Gasteiger charge is 2.21. The van der Waals surface area contributed by atoms with Crippen LogP contribution in [-0.2, 0) is 0 Å². The second-order valence-electron chi connectivity index (χ2n) is 11.2. The van der Waals surface area contributed by atoms with E-state index in [9.17, 15) is 0 Å². The van der Waals surface area contributed by atoms with Gasteiger partial charge < -0.3 is 13.7 Å². The first-order valence-corrected chi connectivity index (χ1v) is 15.0. The summed E-state index contributed by atoms with van der Waals surface area (Å²) in [6, 6.07) is 54.6. The highest BCUT2D eigenvalue weighted by atomic mass is 16.4. The highest BCUT2D eigenvalue weighted by molar-refractivity contribution is 6.13. The fourth-order valence-electron chi connectivity index (χ4n) is 6.28. The molecular weight excluding hydrogens is 552 g/mol. The Morgan fingerprint density at radius 3 is 2.00 bits per heavy atom. The zero-order chi connectivity index (χ0) is 29.7. The molecule has 2 aromatic heterocycles. The fraction of sp³-hybridized carbons (Fsp3) is 0. The van der Waals surface area contributed by atoms with E-state index >= 15 is 0 Å². The number of furan rings is 1. The lowest BCUT2D eigenvalue weighted by Crippen LogP contribution is -2.10. The zero-order valence-corrected chi connectivity index (χ0v) is 24.2. The van der Waals surface area contributed by atoms with Gasteiger partial charge in [-0.25, -0.2) is 4.98 Å². The van der Waals surface area contributed by atoms with Crippen LogP contribution < -0.4 is 4.90 Å². The van der Waals surface area contributed by atoms with Gasteiger partial charge >= 0.3 is 0 Å². The van der Waals surface area contributed by atoms with Crippen molar-refractivity contribution in [2.24, 2.45) is 0 Å². The largest absolute Gasteiger partial charge is 0.454 e. The summed E-state index contributed by atoms with van der Waals surface area (Å²) in [5, 5.41) is 4.39. The van der Waals surface area contributed by atoms with Gasteiger partial charge in [-0.05, 0) is 70.4 Å². The number of nitrogens with zero attached hydrogens (tertiary/aromatic N) is 2. The Kier molecular flexibility index (Phi) is 5.78. The Hall–Kier alpha value is -6.13. The maximum absolute atomic E-state index is 6.71. The van der Waals surface area contributed by atoms with Crippen LogP contribution in [0.2, 0.25) is 0 Å². The molecule has 0 aliphatic rings. The minimum atomic E-state index is 0.601. The first-order chi connectivity index (χ1) is 22.3. The number of hydrogen-bond acceptors (Lipinski definition) is 4. The fourth-order valence-corrected chi connectivity index (χ4v) is 6.28. The van der Waals surface area contributed by atoms with Crippen molar-refractivity contribution >= 4 is 60.9 Å². The summed E-state index contributed by atoms with van der Waals surface area (Å²) >= 11 is 0. The minimum Gasteiger partial charge on any atom is -0.454 e. The minimum absolute atomic E-state index is 0.601. The molecule has 0 aliphatic heterocycles. The third-order valence-corrected chi connectivity index (χ3v) is 8.45. The molecule has 7 aromatic carbocycles. The SMILES string of the molecule is c1ccc(-c2cccc(N(c3ccc4ccccc4c3)c3cccc4c3oc3cc5nc(-c6ccccc6)oc5cc34)c2)cc1. The van der Waals surface area contributed by atoms with E-state index in [1.165, 1.54) is 16.3 Å². The standard InChI is InChI=1S/C41H26N2O2/c1-3-11-27(12-4-1)31-17-9-18-32(23-31)43(33-22-21-28-13-7-8-16-30(28)24-33)37-20-10-19-34-35-25-39-36(26-38(35)44-40(34)37)42-41(45-39)29-14-5-2-6-15-29/h1-26H. The second kappa shape index (κ2) is 10.2. The summed E-state index contributed by atoms with van der Waals surface area (Å²) in [4.78, 5) is 7.08. The molecule has 0 N–H and O–H groups in total. The molecule has 0 saturated heterocycles. The number of anilines is 3. The van der Waals surface area contributed by atoms with Crippen molar-refractivity contribution in [1.29, 1.82) is 0 Å². The number of aromatic nitrogens is 1. The molecule has 4 heteroatoms. The van der Waals surface area contributed by atoms with Gasteiger partial charge in [-0.1, -0.05) is 103 Å². The average Bonchev–Trinajstić information content (AvgIpc) is 3.69. The van der Waals surface area contributed by atoms with Gasteiger partial charge in [0.25, 0.3) is 0 Å². The Labute approximate surface area is 259 Å². The van der Waals surface area contributed by atoms with E-state index in [0.717, 1.165) is 61.2 Å². The molecule has 4 nitrogen and oxygen atoms in total. The Bertz CT molecular complexity index is 2490. The molecule has 2 heterocycles. The van der Waals surface area contributed by atoms with Gasteiger partial charge in [-0.3, -0.25) is 0 Å². The lowest BCUT2D eigenvalue weighted by molar-refractivity contribution is 0.620. The van der Waals surface area contributed by atoms with Gasteiger partial charge in [0.05, 0.1) is 5.69 Å². The normalized spacial score (nSPS) is 11.6. The van der Waals surface area contributed by atoms with Crippen LogP contribution in [0, 0.1) is 0 Å². The third-order valence-electron chi connectivity index (χ3n) is 8.45. The molecule has 0 saturated carbocycles. The summed E-state index contributed by atoms with van der Waals surface area (Å²) < 4.78 is 12.9.